The summed E-state index contributed by atoms with van der Waals surface area (Å²) in [7, 11) is 0. The maximum atomic E-state index is 6.59. The van der Waals surface area contributed by atoms with Crippen LogP contribution in [0.1, 0.15) is 0 Å². The van der Waals surface area contributed by atoms with E-state index in [1.807, 2.05) is 6.07 Å². The van der Waals surface area contributed by atoms with Crippen LogP contribution in [-0.2, 0) is 0 Å². The summed E-state index contributed by atoms with van der Waals surface area (Å²) >= 11 is 0. The largest absolute Gasteiger partial charge is 0.455 e. The van der Waals surface area contributed by atoms with E-state index in [0.717, 1.165) is 66.9 Å². The summed E-state index contributed by atoms with van der Waals surface area (Å²) in [6.45, 7) is 0. The van der Waals surface area contributed by atoms with E-state index in [1.165, 1.54) is 65.3 Å². The van der Waals surface area contributed by atoms with Crippen molar-refractivity contribution >= 4 is 93.1 Å². The van der Waals surface area contributed by atoms with Crippen LogP contribution < -0.4 is 4.90 Å². The molecule has 0 aliphatic heterocycles. The molecule has 322 valence electrons. The second kappa shape index (κ2) is 15.7. The highest BCUT2D eigenvalue weighted by atomic mass is 16.3. The van der Waals surface area contributed by atoms with Gasteiger partial charge in [-0.1, -0.05) is 194 Å². The average molecular weight is 879 g/mol. The van der Waals surface area contributed by atoms with E-state index in [-0.39, 0.29) is 0 Å². The monoisotopic (exact) mass is 878 g/mol. The van der Waals surface area contributed by atoms with E-state index < -0.39 is 0 Å². The van der Waals surface area contributed by atoms with E-state index in [2.05, 4.69) is 258 Å². The molecule has 0 fully saturated rings. The molecule has 14 rings (SSSR count). The number of nitrogens with zero attached hydrogens (tertiary/aromatic N) is 2. The summed E-state index contributed by atoms with van der Waals surface area (Å²) in [6, 6.07) is 92.6. The fraction of sp³-hybridized carbons (Fsp3) is 0. The van der Waals surface area contributed by atoms with Crippen molar-refractivity contribution in [2.75, 3.05) is 4.90 Å². The summed E-state index contributed by atoms with van der Waals surface area (Å²) in [5, 5.41) is 12.2. The summed E-state index contributed by atoms with van der Waals surface area (Å²) in [5.41, 5.74) is 15.3. The Labute approximate surface area is 399 Å². The van der Waals surface area contributed by atoms with Crippen LogP contribution >= 0.6 is 0 Å². The predicted molar refractivity (Wildman–Crippen MR) is 292 cm³/mol. The van der Waals surface area contributed by atoms with Gasteiger partial charge < -0.3 is 13.9 Å². The minimum atomic E-state index is 0.893. The molecule has 12 aromatic carbocycles. The molecule has 0 saturated heterocycles. The molecule has 0 aliphatic carbocycles. The van der Waals surface area contributed by atoms with E-state index in [9.17, 15) is 0 Å². The third-order valence-electron chi connectivity index (χ3n) is 14.2. The third-order valence-corrected chi connectivity index (χ3v) is 14.2. The average Bonchev–Trinajstić information content (AvgIpc) is 3.98. The number of aromatic nitrogens is 1. The van der Waals surface area contributed by atoms with Gasteiger partial charge in [-0.25, -0.2) is 0 Å². The van der Waals surface area contributed by atoms with Gasteiger partial charge in [0.2, 0.25) is 0 Å². The fourth-order valence-corrected chi connectivity index (χ4v) is 11.0. The molecule has 14 aromatic rings. The topological polar surface area (TPSA) is 21.3 Å². The Morgan fingerprint density at radius 3 is 1.51 bits per heavy atom. The second-order valence-electron chi connectivity index (χ2n) is 18.0. The molecule has 0 bridgehead atoms. The molecule has 2 heterocycles. The molecular weight excluding hydrogens is 837 g/mol. The highest BCUT2D eigenvalue weighted by Gasteiger charge is 2.21. The van der Waals surface area contributed by atoms with Crippen molar-refractivity contribution in [1.29, 1.82) is 0 Å². The number of hydrogen-bond donors (Lipinski definition) is 0. The fourth-order valence-electron chi connectivity index (χ4n) is 11.0. The summed E-state index contributed by atoms with van der Waals surface area (Å²) < 4.78 is 9.04. The molecule has 69 heavy (non-hydrogen) atoms. The van der Waals surface area contributed by atoms with Crippen molar-refractivity contribution in [3.05, 3.63) is 255 Å². The molecule has 0 unspecified atom stereocenters. The maximum absolute atomic E-state index is 6.59. The Hall–Kier alpha value is -9.18. The lowest BCUT2D eigenvalue weighted by Gasteiger charge is -2.27. The molecule has 0 amide bonds. The lowest BCUT2D eigenvalue weighted by atomic mass is 9.94. The van der Waals surface area contributed by atoms with Crippen LogP contribution in [0.5, 0.6) is 0 Å². The number of hydrogen-bond acceptors (Lipinski definition) is 2. The SMILES string of the molecule is c1ccc(-c2ccc(-c3ccc(N(c4cccc(-c5cccc6c5oc5ccccc56)c4)c4ccc5c6ccccc6c6ccccc6c5c4)cc3)c(-n3c4ccccc4c4ccccc43)c2)cc1. The van der Waals surface area contributed by atoms with Crippen molar-refractivity contribution < 1.29 is 4.42 Å². The van der Waals surface area contributed by atoms with E-state index >= 15 is 0 Å². The standard InChI is InChI=1S/C66H42N2O/c1-2-16-43(17-3-1)45-34-38-50(64(41-45)68-62-29-11-8-24-57(62)58-25-9-12-30-63(58)68)44-32-35-47(36-33-44)67(49-37-39-56-54-22-5-4-20-52(54)53-21-6-7-23-55(53)61(56)42-49)48-19-14-18-46(40-48)51-27-15-28-60-59-26-10-13-31-65(59)69-66(51)60/h1-42H. The van der Waals surface area contributed by atoms with Gasteiger partial charge in [-0.05, 0) is 115 Å². The van der Waals surface area contributed by atoms with Crippen LogP contribution in [0, 0.1) is 0 Å². The Balaban J connectivity index is 0.965. The molecule has 3 nitrogen and oxygen atoms in total. The lowest BCUT2D eigenvalue weighted by Crippen LogP contribution is -2.10. The van der Waals surface area contributed by atoms with Crippen molar-refractivity contribution in [1.82, 2.24) is 4.57 Å². The van der Waals surface area contributed by atoms with Crippen molar-refractivity contribution in [2.45, 2.75) is 0 Å². The Kier molecular flexibility index (Phi) is 8.90. The molecule has 2 aromatic heterocycles. The first-order chi connectivity index (χ1) is 34.2. The molecule has 3 heteroatoms. The molecule has 0 radical (unpaired) electrons. The summed E-state index contributed by atoms with van der Waals surface area (Å²) in [5.74, 6) is 0. The van der Waals surface area contributed by atoms with E-state index in [1.54, 1.807) is 0 Å². The van der Waals surface area contributed by atoms with Gasteiger partial charge in [-0.2, -0.15) is 0 Å². The number of rotatable bonds is 7. The van der Waals surface area contributed by atoms with Gasteiger partial charge in [-0.3, -0.25) is 0 Å². The minimum absolute atomic E-state index is 0.893. The van der Waals surface area contributed by atoms with Gasteiger partial charge in [-0.15, -0.1) is 0 Å². The van der Waals surface area contributed by atoms with Gasteiger partial charge in [0.15, 0.2) is 0 Å². The van der Waals surface area contributed by atoms with Gasteiger partial charge >= 0.3 is 0 Å². The first kappa shape index (κ1) is 39.0. The number of anilines is 3. The van der Waals surface area contributed by atoms with E-state index in [0.29, 0.717) is 0 Å². The van der Waals surface area contributed by atoms with Crippen molar-refractivity contribution in [2.24, 2.45) is 0 Å². The summed E-state index contributed by atoms with van der Waals surface area (Å²) in [6.07, 6.45) is 0. The quantitative estimate of drug-likeness (QED) is 0.149. The van der Waals surface area contributed by atoms with Gasteiger partial charge in [0.05, 0.1) is 16.7 Å². The zero-order valence-electron chi connectivity index (χ0n) is 37.6. The minimum Gasteiger partial charge on any atom is -0.455 e. The molecule has 0 atom stereocenters. The number of benzene rings is 12. The Morgan fingerprint density at radius 2 is 0.797 bits per heavy atom. The van der Waals surface area contributed by atoms with Gasteiger partial charge in [0, 0.05) is 49.7 Å². The molecule has 0 spiro atoms. The van der Waals surface area contributed by atoms with Crippen LogP contribution in [0.25, 0.3) is 115 Å². The van der Waals surface area contributed by atoms with Crippen LogP contribution in [-0.4, -0.2) is 4.57 Å². The van der Waals surface area contributed by atoms with Crippen molar-refractivity contribution in [3.63, 3.8) is 0 Å². The van der Waals surface area contributed by atoms with Crippen LogP contribution in [0.2, 0.25) is 0 Å². The number of para-hydroxylation sites is 4. The normalized spacial score (nSPS) is 11.8. The zero-order chi connectivity index (χ0) is 45.4. The smallest absolute Gasteiger partial charge is 0.143 e. The highest BCUT2D eigenvalue weighted by molar-refractivity contribution is 6.26. The van der Waals surface area contributed by atoms with Crippen LogP contribution in [0.4, 0.5) is 17.1 Å². The van der Waals surface area contributed by atoms with Crippen LogP contribution in [0.15, 0.2) is 259 Å². The Morgan fingerprint density at radius 1 is 0.275 bits per heavy atom. The zero-order valence-corrected chi connectivity index (χ0v) is 37.6. The van der Waals surface area contributed by atoms with E-state index in [4.69, 9.17) is 4.42 Å². The Bertz CT molecular complexity index is 4220. The van der Waals surface area contributed by atoms with Gasteiger partial charge in [0.25, 0.3) is 0 Å². The first-order valence-electron chi connectivity index (χ1n) is 23.7. The summed E-state index contributed by atoms with van der Waals surface area (Å²) in [4.78, 5) is 2.40. The predicted octanol–water partition coefficient (Wildman–Crippen LogP) is 18.6. The highest BCUT2D eigenvalue weighted by Crippen LogP contribution is 2.45. The second-order valence-corrected chi connectivity index (χ2v) is 18.0. The molecule has 0 saturated carbocycles. The lowest BCUT2D eigenvalue weighted by molar-refractivity contribution is 0.670. The van der Waals surface area contributed by atoms with Crippen LogP contribution in [0.3, 0.4) is 0 Å². The molecular formula is C66H42N2O. The first-order valence-corrected chi connectivity index (χ1v) is 23.7. The van der Waals surface area contributed by atoms with Gasteiger partial charge in [0.1, 0.15) is 11.2 Å². The maximum Gasteiger partial charge on any atom is 0.143 e. The molecule has 0 N–H and O–H groups in total. The number of fused-ring (bicyclic) bond motifs is 12. The number of furan rings is 1. The molecule has 0 aliphatic rings. The van der Waals surface area contributed by atoms with Crippen molar-refractivity contribution in [3.8, 4) is 39.1 Å². The third kappa shape index (κ3) is 6.29.